The Balaban J connectivity index is 4.98. The van der Waals surface area contributed by atoms with Crippen LogP contribution in [0.1, 0.15) is 13.8 Å². The van der Waals surface area contributed by atoms with E-state index in [1.807, 2.05) is 0 Å². The first-order valence-corrected chi connectivity index (χ1v) is 4.09. The number of aliphatic hydroxyl groups is 1. The molecular weight excluding hydrogens is 211 g/mol. The highest BCUT2D eigenvalue weighted by Gasteiger charge is 2.37. The molecule has 0 fully saturated rings. The van der Waals surface area contributed by atoms with Gasteiger partial charge in [-0.1, -0.05) is 0 Å². The lowest BCUT2D eigenvalue weighted by Gasteiger charge is -2.16. The van der Waals surface area contributed by atoms with E-state index in [2.05, 4.69) is 4.99 Å². The molecule has 0 atom stereocenters. The average Bonchev–Trinajstić information content (AvgIpc) is 1.99. The summed E-state index contributed by atoms with van der Waals surface area (Å²) in [5.41, 5.74) is 6.66. The van der Waals surface area contributed by atoms with Crippen LogP contribution >= 0.6 is 0 Å². The first-order valence-electron chi connectivity index (χ1n) is 4.09. The third-order valence-electron chi connectivity index (χ3n) is 1.35. The maximum atomic E-state index is 12.3. The van der Waals surface area contributed by atoms with Crippen molar-refractivity contribution in [2.45, 2.75) is 25.6 Å². The van der Waals surface area contributed by atoms with Crippen molar-refractivity contribution in [3.8, 4) is 0 Å². The smallest absolute Gasteiger partial charge is 0.403 e. The summed E-state index contributed by atoms with van der Waals surface area (Å²) in [6.45, 7) is 2.27. The van der Waals surface area contributed by atoms with E-state index in [9.17, 15) is 18.3 Å². The number of alkyl halides is 3. The van der Waals surface area contributed by atoms with Crippen molar-refractivity contribution in [2.75, 3.05) is 6.54 Å². The van der Waals surface area contributed by atoms with E-state index in [0.717, 1.165) is 0 Å². The van der Waals surface area contributed by atoms with E-state index in [-0.39, 0.29) is 0 Å². The number of rotatable bonds is 3. The molecule has 5 N–H and O–H groups in total. The standard InChI is InChI=1S/C8H14F3N3O/c1-7(2,15)4-14-6(5(13)3-12)8(9,10)11/h3,15H,4,12-13H2,1-2H3/b5-3+,14-6?. The van der Waals surface area contributed by atoms with Crippen LogP contribution in [0.25, 0.3) is 0 Å². The molecular formula is C8H14F3N3O. The van der Waals surface area contributed by atoms with Crippen molar-refractivity contribution in [1.29, 1.82) is 0 Å². The van der Waals surface area contributed by atoms with Crippen LogP contribution in [0.3, 0.4) is 0 Å². The summed E-state index contributed by atoms with van der Waals surface area (Å²) in [4.78, 5) is 3.21. The Morgan fingerprint density at radius 2 is 1.87 bits per heavy atom. The third-order valence-corrected chi connectivity index (χ3v) is 1.35. The van der Waals surface area contributed by atoms with Gasteiger partial charge in [-0.25, -0.2) is 0 Å². The minimum absolute atomic E-state index is 0.406. The molecule has 88 valence electrons. The summed E-state index contributed by atoms with van der Waals surface area (Å²) < 4.78 is 37.0. The Hall–Kier alpha value is -1.24. The lowest BCUT2D eigenvalue weighted by atomic mass is 10.1. The largest absolute Gasteiger partial charge is 0.435 e. The molecule has 0 amide bonds. The Morgan fingerprint density at radius 1 is 1.40 bits per heavy atom. The fourth-order valence-corrected chi connectivity index (χ4v) is 0.696. The topological polar surface area (TPSA) is 84.6 Å². The number of hydrogen-bond donors (Lipinski definition) is 3. The number of halogens is 3. The molecule has 0 aliphatic carbocycles. The third kappa shape index (κ3) is 5.26. The first kappa shape index (κ1) is 13.8. The van der Waals surface area contributed by atoms with Gasteiger partial charge in [-0.2, -0.15) is 13.2 Å². The molecule has 0 aromatic rings. The molecule has 0 aromatic heterocycles. The van der Waals surface area contributed by atoms with Crippen LogP contribution in [0.15, 0.2) is 16.9 Å². The van der Waals surface area contributed by atoms with Crippen LogP contribution in [0.5, 0.6) is 0 Å². The van der Waals surface area contributed by atoms with Crippen molar-refractivity contribution in [2.24, 2.45) is 16.5 Å². The van der Waals surface area contributed by atoms with Crippen molar-refractivity contribution in [1.82, 2.24) is 0 Å². The van der Waals surface area contributed by atoms with Crippen molar-refractivity contribution in [3.63, 3.8) is 0 Å². The van der Waals surface area contributed by atoms with Crippen molar-refractivity contribution >= 4 is 5.71 Å². The summed E-state index contributed by atoms with van der Waals surface area (Å²) in [6.07, 6.45) is -4.05. The molecule has 0 spiro atoms. The van der Waals surface area contributed by atoms with Gasteiger partial charge in [0.05, 0.1) is 17.8 Å². The van der Waals surface area contributed by atoms with Crippen LogP contribution in [0, 0.1) is 0 Å². The second-order valence-corrected chi connectivity index (χ2v) is 3.60. The number of nitrogens with two attached hydrogens (primary N) is 2. The molecule has 0 radical (unpaired) electrons. The van der Waals surface area contributed by atoms with Gasteiger partial charge in [0.25, 0.3) is 0 Å². The molecule has 0 aliphatic heterocycles. The maximum absolute atomic E-state index is 12.3. The second kappa shape index (κ2) is 4.52. The fourth-order valence-electron chi connectivity index (χ4n) is 0.696. The van der Waals surface area contributed by atoms with Gasteiger partial charge in [-0.05, 0) is 13.8 Å². The molecule has 0 aromatic carbocycles. The summed E-state index contributed by atoms with van der Waals surface area (Å²) in [5.74, 6) is 0. The highest BCUT2D eigenvalue weighted by Crippen LogP contribution is 2.20. The zero-order chi connectivity index (χ0) is 12.3. The van der Waals surface area contributed by atoms with Gasteiger partial charge in [-0.15, -0.1) is 0 Å². The van der Waals surface area contributed by atoms with Crippen LogP contribution < -0.4 is 11.5 Å². The fraction of sp³-hybridized carbons (Fsp3) is 0.625. The Morgan fingerprint density at radius 3 is 2.13 bits per heavy atom. The molecule has 0 bridgehead atoms. The molecule has 0 unspecified atom stereocenters. The minimum atomic E-state index is -4.68. The van der Waals surface area contributed by atoms with E-state index < -0.39 is 29.7 Å². The van der Waals surface area contributed by atoms with Crippen LogP contribution in [-0.2, 0) is 0 Å². The lowest BCUT2D eigenvalue weighted by molar-refractivity contribution is -0.0587. The first-order chi connectivity index (χ1) is 6.58. The van der Waals surface area contributed by atoms with Gasteiger partial charge < -0.3 is 16.6 Å². The molecule has 0 saturated carbocycles. The van der Waals surface area contributed by atoms with E-state index in [0.29, 0.717) is 6.20 Å². The molecule has 4 nitrogen and oxygen atoms in total. The van der Waals surface area contributed by atoms with Crippen LogP contribution in [0.4, 0.5) is 13.2 Å². The number of nitrogens with zero attached hydrogens (tertiary/aromatic N) is 1. The Bertz CT molecular complexity index is 276. The second-order valence-electron chi connectivity index (χ2n) is 3.60. The molecule has 0 aliphatic rings. The van der Waals surface area contributed by atoms with Crippen LogP contribution in [-0.4, -0.2) is 29.1 Å². The highest BCUT2D eigenvalue weighted by molar-refractivity contribution is 6.03. The molecule has 7 heteroatoms. The van der Waals surface area contributed by atoms with Crippen molar-refractivity contribution in [3.05, 3.63) is 11.9 Å². The number of hydrogen-bond acceptors (Lipinski definition) is 4. The quantitative estimate of drug-likeness (QED) is 0.612. The maximum Gasteiger partial charge on any atom is 0.435 e. The molecule has 0 saturated heterocycles. The predicted octanol–water partition coefficient (Wildman–Crippen LogP) is 0.519. The molecule has 0 rings (SSSR count). The monoisotopic (exact) mass is 225 g/mol. The van der Waals surface area contributed by atoms with Gasteiger partial charge >= 0.3 is 6.18 Å². The predicted molar refractivity (Wildman–Crippen MR) is 51.1 cm³/mol. The summed E-state index contributed by atoms with van der Waals surface area (Å²) in [6, 6.07) is 0. The van der Waals surface area contributed by atoms with E-state index in [1.54, 1.807) is 0 Å². The Labute approximate surface area is 85.5 Å². The summed E-state index contributed by atoms with van der Waals surface area (Å²) >= 11 is 0. The van der Waals surface area contributed by atoms with Gasteiger partial charge in [0, 0.05) is 6.20 Å². The normalized spacial score (nSPS) is 15.6. The highest BCUT2D eigenvalue weighted by atomic mass is 19.4. The summed E-state index contributed by atoms with van der Waals surface area (Å²) in [7, 11) is 0. The minimum Gasteiger partial charge on any atom is -0.403 e. The van der Waals surface area contributed by atoms with Gasteiger partial charge in [0.1, 0.15) is 0 Å². The van der Waals surface area contributed by atoms with E-state index in [1.165, 1.54) is 13.8 Å². The zero-order valence-electron chi connectivity index (χ0n) is 8.47. The zero-order valence-corrected chi connectivity index (χ0v) is 8.47. The van der Waals surface area contributed by atoms with Gasteiger partial charge in [-0.3, -0.25) is 4.99 Å². The number of allylic oxidation sites excluding steroid dienone is 1. The summed E-state index contributed by atoms with van der Waals surface area (Å²) in [5, 5.41) is 9.22. The average molecular weight is 225 g/mol. The Kier molecular flexibility index (Phi) is 4.15. The van der Waals surface area contributed by atoms with Crippen LogP contribution in [0.2, 0.25) is 0 Å². The van der Waals surface area contributed by atoms with E-state index in [4.69, 9.17) is 11.5 Å². The van der Waals surface area contributed by atoms with Crippen molar-refractivity contribution < 1.29 is 18.3 Å². The number of aliphatic imine (C=N–C) groups is 1. The molecule has 15 heavy (non-hydrogen) atoms. The van der Waals surface area contributed by atoms with Gasteiger partial charge in [0.2, 0.25) is 0 Å². The SMILES string of the molecule is CC(C)(O)CN=C(/C(N)=C\N)C(F)(F)F. The lowest BCUT2D eigenvalue weighted by Crippen LogP contribution is -2.32. The van der Waals surface area contributed by atoms with E-state index >= 15 is 0 Å². The molecule has 0 heterocycles. The van der Waals surface area contributed by atoms with Gasteiger partial charge in [0.15, 0.2) is 5.71 Å².